The lowest BCUT2D eigenvalue weighted by molar-refractivity contribution is -0.0352. The Kier molecular flexibility index (Phi) is 3.72. The van der Waals surface area contributed by atoms with Crippen LogP contribution in [0.25, 0.3) is 0 Å². The molecule has 0 radical (unpaired) electrons. The summed E-state index contributed by atoms with van der Waals surface area (Å²) in [5.74, 6) is 0. The highest BCUT2D eigenvalue weighted by atomic mass is 32.2. The molecule has 1 heterocycles. The fourth-order valence-corrected chi connectivity index (χ4v) is 3.70. The van der Waals surface area contributed by atoms with E-state index in [9.17, 15) is 13.5 Å². The van der Waals surface area contributed by atoms with E-state index in [-0.39, 0.29) is 11.4 Å². The molecule has 0 aliphatic carbocycles. The second kappa shape index (κ2) is 4.97. The molecule has 0 saturated carbocycles. The third-order valence-corrected chi connectivity index (χ3v) is 5.00. The Labute approximate surface area is 107 Å². The van der Waals surface area contributed by atoms with Crippen molar-refractivity contribution in [2.75, 3.05) is 13.7 Å². The molecule has 0 aromatic heterocycles. The number of aliphatic hydroxyl groups is 1. The highest BCUT2D eigenvalue weighted by Crippen LogP contribution is 2.26. The van der Waals surface area contributed by atoms with Crippen molar-refractivity contribution >= 4 is 10.0 Å². The number of ether oxygens (including phenoxy) is 1. The average Bonchev–Trinajstić information content (AvgIpc) is 2.71. The Bertz CT molecular complexity index is 511. The maximum atomic E-state index is 12.4. The molecular weight excluding hydrogens is 254 g/mol. The van der Waals surface area contributed by atoms with Crippen LogP contribution in [0.3, 0.4) is 0 Å². The van der Waals surface area contributed by atoms with Gasteiger partial charge in [-0.3, -0.25) is 0 Å². The fraction of sp³-hybridized carbons (Fsp3) is 0.500. The minimum absolute atomic E-state index is 0.226. The number of aliphatic hydroxyl groups excluding tert-OH is 1. The molecule has 0 bridgehead atoms. The maximum Gasteiger partial charge on any atom is 0.245 e. The van der Waals surface area contributed by atoms with E-state index in [2.05, 4.69) is 0 Å². The number of rotatable bonds is 3. The van der Waals surface area contributed by atoms with Gasteiger partial charge in [0.1, 0.15) is 6.23 Å². The van der Waals surface area contributed by atoms with Gasteiger partial charge in [0.25, 0.3) is 0 Å². The first-order valence-electron chi connectivity index (χ1n) is 5.76. The normalized spacial score (nSPS) is 25.5. The largest absolute Gasteiger partial charge is 0.389 e. The van der Waals surface area contributed by atoms with Gasteiger partial charge in [-0.2, -0.15) is 4.31 Å². The molecule has 2 rings (SSSR count). The molecule has 6 heteroatoms. The molecule has 0 amide bonds. The number of nitrogens with zero attached hydrogens (tertiary/aromatic N) is 1. The van der Waals surface area contributed by atoms with E-state index in [0.29, 0.717) is 6.42 Å². The number of hydrogen-bond acceptors (Lipinski definition) is 4. The van der Waals surface area contributed by atoms with Gasteiger partial charge in [0.15, 0.2) is 0 Å². The van der Waals surface area contributed by atoms with Crippen LogP contribution in [0, 0.1) is 6.92 Å². The highest BCUT2D eigenvalue weighted by molar-refractivity contribution is 7.89. The first-order valence-corrected chi connectivity index (χ1v) is 7.20. The summed E-state index contributed by atoms with van der Waals surface area (Å²) >= 11 is 0. The number of methoxy groups -OCH3 is 1. The third-order valence-electron chi connectivity index (χ3n) is 3.13. The summed E-state index contributed by atoms with van der Waals surface area (Å²) in [5.41, 5.74) is 0.999. The van der Waals surface area contributed by atoms with Crippen LogP contribution >= 0.6 is 0 Å². The van der Waals surface area contributed by atoms with E-state index < -0.39 is 22.4 Å². The van der Waals surface area contributed by atoms with Crippen molar-refractivity contribution in [1.29, 1.82) is 0 Å². The molecule has 0 unspecified atom stereocenters. The summed E-state index contributed by atoms with van der Waals surface area (Å²) in [7, 11) is -2.20. The number of aryl methyl sites for hydroxylation is 1. The molecule has 1 aliphatic heterocycles. The van der Waals surface area contributed by atoms with Crippen molar-refractivity contribution in [1.82, 2.24) is 4.31 Å². The van der Waals surface area contributed by atoms with Crippen LogP contribution in [0.15, 0.2) is 29.2 Å². The van der Waals surface area contributed by atoms with Gasteiger partial charge in [-0.25, -0.2) is 8.42 Å². The smallest absolute Gasteiger partial charge is 0.245 e. The monoisotopic (exact) mass is 271 g/mol. The third kappa shape index (κ3) is 2.29. The maximum absolute atomic E-state index is 12.4. The number of benzene rings is 1. The zero-order valence-electron chi connectivity index (χ0n) is 10.4. The molecule has 0 spiro atoms. The second-order valence-corrected chi connectivity index (χ2v) is 6.30. The number of hydrogen-bond donors (Lipinski definition) is 1. The molecule has 1 aromatic carbocycles. The minimum atomic E-state index is -3.60. The van der Waals surface area contributed by atoms with E-state index in [1.165, 1.54) is 11.4 Å². The van der Waals surface area contributed by atoms with Crippen molar-refractivity contribution < 1.29 is 18.3 Å². The molecule has 1 saturated heterocycles. The predicted octanol–water partition coefficient (Wildman–Crippen LogP) is 0.723. The Morgan fingerprint density at radius 3 is 2.50 bits per heavy atom. The van der Waals surface area contributed by atoms with Crippen molar-refractivity contribution in [3.05, 3.63) is 29.8 Å². The average molecular weight is 271 g/mol. The molecule has 100 valence electrons. The molecule has 2 atom stereocenters. The molecule has 5 nitrogen and oxygen atoms in total. The SMILES string of the molecule is CO[C@H]1[C@H](O)CCN1S(=O)(=O)c1ccc(C)cc1. The van der Waals surface area contributed by atoms with Gasteiger partial charge < -0.3 is 9.84 Å². The van der Waals surface area contributed by atoms with Crippen LogP contribution in [0.5, 0.6) is 0 Å². The molecule has 1 aromatic rings. The Balaban J connectivity index is 2.34. The topological polar surface area (TPSA) is 66.8 Å². The molecular formula is C12H17NO4S. The zero-order valence-corrected chi connectivity index (χ0v) is 11.2. The first kappa shape index (κ1) is 13.5. The fourth-order valence-electron chi connectivity index (χ4n) is 2.10. The van der Waals surface area contributed by atoms with Gasteiger partial charge in [-0.05, 0) is 25.5 Å². The Morgan fingerprint density at radius 1 is 1.33 bits per heavy atom. The Morgan fingerprint density at radius 2 is 1.94 bits per heavy atom. The lowest BCUT2D eigenvalue weighted by Crippen LogP contribution is -2.40. The molecule has 18 heavy (non-hydrogen) atoms. The van der Waals surface area contributed by atoms with Crippen LogP contribution in [0.2, 0.25) is 0 Å². The van der Waals surface area contributed by atoms with Crippen molar-refractivity contribution in [2.24, 2.45) is 0 Å². The van der Waals surface area contributed by atoms with E-state index in [1.54, 1.807) is 24.3 Å². The number of sulfonamides is 1. The van der Waals surface area contributed by atoms with Gasteiger partial charge >= 0.3 is 0 Å². The lowest BCUT2D eigenvalue weighted by Gasteiger charge is -2.24. The highest BCUT2D eigenvalue weighted by Gasteiger charge is 2.41. The van der Waals surface area contributed by atoms with Gasteiger partial charge in [-0.15, -0.1) is 0 Å². The van der Waals surface area contributed by atoms with Crippen molar-refractivity contribution in [3.63, 3.8) is 0 Å². The van der Waals surface area contributed by atoms with E-state index in [0.717, 1.165) is 5.56 Å². The summed E-state index contributed by atoms with van der Waals surface area (Å²) in [5, 5.41) is 9.68. The first-order chi connectivity index (χ1) is 8.46. The van der Waals surface area contributed by atoms with Crippen LogP contribution in [-0.2, 0) is 14.8 Å². The van der Waals surface area contributed by atoms with Gasteiger partial charge in [0.2, 0.25) is 10.0 Å². The zero-order chi connectivity index (χ0) is 13.3. The van der Waals surface area contributed by atoms with Crippen molar-refractivity contribution in [2.45, 2.75) is 30.6 Å². The minimum Gasteiger partial charge on any atom is -0.389 e. The standard InChI is InChI=1S/C12H17NO4S/c1-9-3-5-10(6-4-9)18(15,16)13-8-7-11(14)12(13)17-2/h3-6,11-12,14H,7-8H2,1-2H3/t11-,12+/m1/s1. The van der Waals surface area contributed by atoms with Crippen LogP contribution in [-0.4, -0.2) is 43.8 Å². The molecule has 1 N–H and O–H groups in total. The van der Waals surface area contributed by atoms with E-state index in [1.807, 2.05) is 6.92 Å². The molecule has 1 fully saturated rings. The van der Waals surface area contributed by atoms with E-state index in [4.69, 9.17) is 4.74 Å². The van der Waals surface area contributed by atoms with Gasteiger partial charge in [0, 0.05) is 13.7 Å². The summed E-state index contributed by atoms with van der Waals surface area (Å²) in [6, 6.07) is 6.65. The summed E-state index contributed by atoms with van der Waals surface area (Å²) in [6.45, 7) is 2.17. The van der Waals surface area contributed by atoms with Crippen LogP contribution in [0.4, 0.5) is 0 Å². The molecule has 1 aliphatic rings. The van der Waals surface area contributed by atoms with Gasteiger partial charge in [0.05, 0.1) is 11.0 Å². The summed E-state index contributed by atoms with van der Waals surface area (Å²) in [6.07, 6.45) is -1.17. The van der Waals surface area contributed by atoms with Gasteiger partial charge in [-0.1, -0.05) is 17.7 Å². The van der Waals surface area contributed by atoms with Crippen LogP contribution in [0.1, 0.15) is 12.0 Å². The second-order valence-electron chi connectivity index (χ2n) is 4.41. The summed E-state index contributed by atoms with van der Waals surface area (Å²) < 4.78 is 31.1. The Hall–Kier alpha value is -0.950. The van der Waals surface area contributed by atoms with E-state index >= 15 is 0 Å². The quantitative estimate of drug-likeness (QED) is 0.880. The predicted molar refractivity (Wildman–Crippen MR) is 66.5 cm³/mol. The van der Waals surface area contributed by atoms with Crippen LogP contribution < -0.4 is 0 Å². The van der Waals surface area contributed by atoms with Crippen molar-refractivity contribution in [3.8, 4) is 0 Å². The lowest BCUT2D eigenvalue weighted by atomic mass is 10.2. The summed E-state index contributed by atoms with van der Waals surface area (Å²) in [4.78, 5) is 0.226.